The van der Waals surface area contributed by atoms with Crippen LogP contribution in [0.2, 0.25) is 0 Å². The summed E-state index contributed by atoms with van der Waals surface area (Å²) in [5.74, 6) is 0.0160. The minimum absolute atomic E-state index is 0.0219. The third-order valence-corrected chi connectivity index (χ3v) is 5.79. The van der Waals surface area contributed by atoms with Crippen molar-refractivity contribution < 1.29 is 18.3 Å². The zero-order valence-corrected chi connectivity index (χ0v) is 11.3. The van der Waals surface area contributed by atoms with Crippen molar-refractivity contribution in [3.8, 4) is 0 Å². The molecule has 2 unspecified atom stereocenters. The summed E-state index contributed by atoms with van der Waals surface area (Å²) in [6, 6.07) is 0. The van der Waals surface area contributed by atoms with Crippen molar-refractivity contribution in [2.24, 2.45) is 5.92 Å². The van der Waals surface area contributed by atoms with Crippen LogP contribution in [-0.2, 0) is 27.6 Å². The number of hydrogen-bond acceptors (Lipinski definition) is 4. The number of rotatable bonds is 2. The molecule has 1 aromatic heterocycles. The van der Waals surface area contributed by atoms with Crippen LogP contribution >= 0.6 is 0 Å². The Labute approximate surface area is 111 Å². The number of fused-ring (bicyclic) bond motifs is 1. The van der Waals surface area contributed by atoms with Gasteiger partial charge in [0.2, 0.25) is 0 Å². The Kier molecular flexibility index (Phi) is 2.88. The van der Waals surface area contributed by atoms with Gasteiger partial charge in [0.05, 0.1) is 23.1 Å². The van der Waals surface area contributed by atoms with Gasteiger partial charge in [0.1, 0.15) is 5.82 Å². The first kappa shape index (κ1) is 12.7. The first-order valence-corrected chi connectivity index (χ1v) is 8.26. The molecule has 1 aromatic rings. The lowest BCUT2D eigenvalue weighted by Crippen LogP contribution is -2.25. The molecule has 0 aromatic carbocycles. The van der Waals surface area contributed by atoms with Crippen molar-refractivity contribution in [1.29, 1.82) is 0 Å². The monoisotopic (exact) mass is 284 g/mol. The van der Waals surface area contributed by atoms with Crippen LogP contribution < -0.4 is 0 Å². The van der Waals surface area contributed by atoms with Gasteiger partial charge in [-0.3, -0.25) is 4.79 Å². The predicted molar refractivity (Wildman–Crippen MR) is 67.7 cm³/mol. The van der Waals surface area contributed by atoms with Crippen molar-refractivity contribution in [2.75, 3.05) is 11.5 Å². The Morgan fingerprint density at radius 1 is 1.42 bits per heavy atom. The number of carboxylic acids is 1. The summed E-state index contributed by atoms with van der Waals surface area (Å²) in [7, 11) is -2.91. The molecule has 6 nitrogen and oxygen atoms in total. The van der Waals surface area contributed by atoms with Crippen molar-refractivity contribution in [3.63, 3.8) is 0 Å². The van der Waals surface area contributed by atoms with E-state index in [4.69, 9.17) is 5.11 Å². The molecule has 0 saturated carbocycles. The van der Waals surface area contributed by atoms with Crippen molar-refractivity contribution >= 4 is 15.8 Å². The molecule has 0 bridgehead atoms. The number of hydrogen-bond donors (Lipinski definition) is 1. The number of sulfone groups is 1. The first-order valence-electron chi connectivity index (χ1n) is 6.44. The SMILES string of the molecule is O=C(O)C1CCn2cc(C3CCS(=O)(=O)C3)nc2C1. The molecule has 3 rings (SSSR count). The van der Waals surface area contributed by atoms with E-state index in [1.54, 1.807) is 0 Å². The molecular formula is C12H16N2O4S. The Morgan fingerprint density at radius 3 is 2.84 bits per heavy atom. The molecule has 0 amide bonds. The Morgan fingerprint density at radius 2 is 2.21 bits per heavy atom. The van der Waals surface area contributed by atoms with E-state index >= 15 is 0 Å². The molecule has 104 valence electrons. The largest absolute Gasteiger partial charge is 0.481 e. The van der Waals surface area contributed by atoms with Gasteiger partial charge >= 0.3 is 5.97 Å². The van der Waals surface area contributed by atoms with E-state index in [0.29, 0.717) is 25.8 Å². The summed E-state index contributed by atoms with van der Waals surface area (Å²) in [6.07, 6.45) is 3.58. The molecular weight excluding hydrogens is 268 g/mol. The highest BCUT2D eigenvalue weighted by molar-refractivity contribution is 7.91. The van der Waals surface area contributed by atoms with Crippen LogP contribution in [0.25, 0.3) is 0 Å². The standard InChI is InChI=1S/C12H16N2O4S/c15-12(16)8-1-3-14-6-10(13-11(14)5-8)9-2-4-19(17,18)7-9/h6,8-9H,1-5,7H2,(H,15,16). The maximum absolute atomic E-state index is 11.5. The molecule has 0 aliphatic carbocycles. The minimum atomic E-state index is -2.91. The second-order valence-electron chi connectivity index (χ2n) is 5.40. The number of aryl methyl sites for hydroxylation is 1. The average Bonchev–Trinajstić information content (AvgIpc) is 2.90. The lowest BCUT2D eigenvalue weighted by atomic mass is 9.98. The van der Waals surface area contributed by atoms with E-state index in [0.717, 1.165) is 11.5 Å². The number of aliphatic carboxylic acids is 1. The molecule has 2 aliphatic heterocycles. The number of carbonyl (C=O) groups is 1. The highest BCUT2D eigenvalue weighted by atomic mass is 32.2. The van der Waals surface area contributed by atoms with Gasteiger partial charge in [-0.1, -0.05) is 0 Å². The number of carboxylic acid groups (broad SMARTS) is 1. The lowest BCUT2D eigenvalue weighted by molar-refractivity contribution is -0.142. The lowest BCUT2D eigenvalue weighted by Gasteiger charge is -2.19. The molecule has 3 heterocycles. The predicted octanol–water partition coefficient (Wildman–Crippen LogP) is 0.432. The quantitative estimate of drug-likeness (QED) is 0.850. The summed E-state index contributed by atoms with van der Waals surface area (Å²) in [4.78, 5) is 15.5. The van der Waals surface area contributed by atoms with Gasteiger partial charge in [-0.25, -0.2) is 13.4 Å². The Balaban J connectivity index is 1.82. The fourth-order valence-corrected chi connectivity index (χ4v) is 4.65. The molecule has 0 spiro atoms. The highest BCUT2D eigenvalue weighted by Crippen LogP contribution is 2.30. The summed E-state index contributed by atoms with van der Waals surface area (Å²) < 4.78 is 24.9. The Hall–Kier alpha value is -1.37. The van der Waals surface area contributed by atoms with Crippen LogP contribution in [0, 0.1) is 5.92 Å². The molecule has 2 atom stereocenters. The summed E-state index contributed by atoms with van der Waals surface area (Å²) >= 11 is 0. The third-order valence-electron chi connectivity index (χ3n) is 4.03. The summed E-state index contributed by atoms with van der Waals surface area (Å²) in [6.45, 7) is 0.652. The molecule has 7 heteroatoms. The smallest absolute Gasteiger partial charge is 0.307 e. The average molecular weight is 284 g/mol. The van der Waals surface area contributed by atoms with Gasteiger partial charge in [-0.15, -0.1) is 0 Å². The molecule has 2 aliphatic rings. The molecule has 0 radical (unpaired) electrons. The van der Waals surface area contributed by atoms with Crippen LogP contribution in [0.3, 0.4) is 0 Å². The van der Waals surface area contributed by atoms with E-state index in [9.17, 15) is 13.2 Å². The van der Waals surface area contributed by atoms with E-state index in [1.165, 1.54) is 0 Å². The molecule has 1 fully saturated rings. The Bertz CT molecular complexity index is 620. The van der Waals surface area contributed by atoms with Gasteiger partial charge in [-0.2, -0.15) is 0 Å². The fourth-order valence-electron chi connectivity index (χ4n) is 2.89. The molecule has 1 saturated heterocycles. The normalized spacial score (nSPS) is 29.1. The fraction of sp³-hybridized carbons (Fsp3) is 0.667. The zero-order valence-electron chi connectivity index (χ0n) is 10.4. The van der Waals surface area contributed by atoms with Gasteiger partial charge in [0, 0.05) is 25.1 Å². The van der Waals surface area contributed by atoms with E-state index in [-0.39, 0.29) is 23.3 Å². The van der Waals surface area contributed by atoms with Crippen LogP contribution in [0.1, 0.15) is 30.3 Å². The van der Waals surface area contributed by atoms with Crippen molar-refractivity contribution in [2.45, 2.75) is 31.7 Å². The van der Waals surface area contributed by atoms with E-state index in [1.807, 2.05) is 10.8 Å². The number of imidazole rings is 1. The van der Waals surface area contributed by atoms with Crippen molar-refractivity contribution in [3.05, 3.63) is 17.7 Å². The maximum atomic E-state index is 11.5. The van der Waals surface area contributed by atoms with Gasteiger partial charge in [0.15, 0.2) is 9.84 Å². The maximum Gasteiger partial charge on any atom is 0.307 e. The van der Waals surface area contributed by atoms with Crippen molar-refractivity contribution in [1.82, 2.24) is 9.55 Å². The van der Waals surface area contributed by atoms with E-state index in [2.05, 4.69) is 4.98 Å². The zero-order chi connectivity index (χ0) is 13.6. The highest BCUT2D eigenvalue weighted by Gasteiger charge is 2.32. The molecule has 19 heavy (non-hydrogen) atoms. The van der Waals surface area contributed by atoms with Crippen LogP contribution in [-0.4, -0.2) is 40.6 Å². The van der Waals surface area contributed by atoms with Gasteiger partial charge in [-0.05, 0) is 12.8 Å². The van der Waals surface area contributed by atoms with Crippen LogP contribution in [0.15, 0.2) is 6.20 Å². The van der Waals surface area contributed by atoms with Crippen LogP contribution in [0.4, 0.5) is 0 Å². The number of nitrogens with zero attached hydrogens (tertiary/aromatic N) is 2. The van der Waals surface area contributed by atoms with E-state index < -0.39 is 15.8 Å². The molecule has 1 N–H and O–H groups in total. The second kappa shape index (κ2) is 4.33. The first-order chi connectivity index (χ1) is 8.94. The second-order valence-corrected chi connectivity index (χ2v) is 7.63. The van der Waals surface area contributed by atoms with Gasteiger partial charge < -0.3 is 9.67 Å². The minimum Gasteiger partial charge on any atom is -0.481 e. The third kappa shape index (κ3) is 2.39. The topological polar surface area (TPSA) is 89.3 Å². The van der Waals surface area contributed by atoms with Crippen LogP contribution in [0.5, 0.6) is 0 Å². The number of aromatic nitrogens is 2. The summed E-state index contributed by atoms with van der Waals surface area (Å²) in [5.41, 5.74) is 0.808. The summed E-state index contributed by atoms with van der Waals surface area (Å²) in [5, 5.41) is 9.03. The van der Waals surface area contributed by atoms with Gasteiger partial charge in [0.25, 0.3) is 0 Å².